The number of esters is 1. The number of benzene rings is 1. The molecule has 0 aliphatic carbocycles. The van der Waals surface area contributed by atoms with Crippen molar-refractivity contribution in [2.75, 3.05) is 20.3 Å². The predicted molar refractivity (Wildman–Crippen MR) is 133 cm³/mol. The fourth-order valence-corrected chi connectivity index (χ4v) is 2.35. The van der Waals surface area contributed by atoms with Gasteiger partial charge in [-0.05, 0) is 38.3 Å². The number of nitrogens with two attached hydrogens (primary N) is 1. The Bertz CT molecular complexity index is 854. The third-order valence-electron chi connectivity index (χ3n) is 4.48. The summed E-state index contributed by atoms with van der Waals surface area (Å²) in [6, 6.07) is 7.83. The van der Waals surface area contributed by atoms with Crippen molar-refractivity contribution in [1.29, 1.82) is 0 Å². The number of amides is 1. The monoisotopic (exact) mass is 494 g/mol. The van der Waals surface area contributed by atoms with E-state index >= 15 is 0 Å². The molecule has 1 heterocycles. The van der Waals surface area contributed by atoms with E-state index < -0.39 is 5.91 Å². The lowest BCUT2D eigenvalue weighted by atomic mass is 10.1. The summed E-state index contributed by atoms with van der Waals surface area (Å²) in [6.45, 7) is 11.5. The van der Waals surface area contributed by atoms with Gasteiger partial charge < -0.3 is 25.1 Å². The first-order valence-corrected chi connectivity index (χ1v) is 11.5. The van der Waals surface area contributed by atoms with Crippen LogP contribution in [0.25, 0.3) is 0 Å². The van der Waals surface area contributed by atoms with E-state index in [0.29, 0.717) is 18.9 Å². The molecule has 0 radical (unpaired) electrons. The number of primary amides is 1. The fourth-order valence-electron chi connectivity index (χ4n) is 2.35. The number of ether oxygens (including phenoxy) is 3. The van der Waals surface area contributed by atoms with E-state index in [-0.39, 0.29) is 35.1 Å². The average molecular weight is 495 g/mol. The second kappa shape index (κ2) is 18.2. The molecule has 1 atom stereocenters. The highest BCUT2D eigenvalue weighted by Crippen LogP contribution is 2.26. The molecule has 1 amide bonds. The molecular formula is C26H39FN2O6. The molecule has 35 heavy (non-hydrogen) atoms. The summed E-state index contributed by atoms with van der Waals surface area (Å²) < 4.78 is 27.4. The minimum Gasteiger partial charge on any atom is -0.503 e. The highest BCUT2D eigenvalue weighted by Gasteiger charge is 2.12. The Morgan fingerprint density at radius 3 is 2.17 bits per heavy atom. The summed E-state index contributed by atoms with van der Waals surface area (Å²) in [4.78, 5) is 25.2. The summed E-state index contributed by atoms with van der Waals surface area (Å²) in [5, 5.41) is 9.27. The zero-order valence-electron chi connectivity index (χ0n) is 21.5. The molecule has 2 aromatic rings. The predicted octanol–water partition coefficient (Wildman–Crippen LogP) is 4.81. The van der Waals surface area contributed by atoms with Crippen molar-refractivity contribution in [1.82, 2.24) is 4.98 Å². The molecule has 1 unspecified atom stereocenters. The molecule has 8 nitrogen and oxygen atoms in total. The second-order valence-electron chi connectivity index (χ2n) is 8.11. The number of aromatic hydroxyl groups is 1. The van der Waals surface area contributed by atoms with E-state index in [9.17, 15) is 19.1 Å². The molecule has 0 aliphatic rings. The third-order valence-corrected chi connectivity index (χ3v) is 4.48. The number of carbonyl (C=O) groups is 2. The number of methoxy groups -OCH3 is 1. The van der Waals surface area contributed by atoms with Crippen molar-refractivity contribution >= 4 is 11.9 Å². The standard InChI is InChI=1S/C12H24O3.C7H7F.C7H8N2O3/c1-5-12(13)15-11(4)7-9-14-8-6-10(2)3;1-6-2-4-7(8)5-3-6;1-12-4-2-3-9-5(6(4)10)7(8)11/h10-11H,5-9H2,1-4H3;2-5H,1H3;2-3,10H,1H3,(H2,8,11). The van der Waals surface area contributed by atoms with Gasteiger partial charge in [-0.15, -0.1) is 0 Å². The third kappa shape index (κ3) is 15.3. The van der Waals surface area contributed by atoms with Crippen LogP contribution in [0.3, 0.4) is 0 Å². The van der Waals surface area contributed by atoms with Crippen LogP contribution in [-0.4, -0.2) is 48.4 Å². The van der Waals surface area contributed by atoms with Gasteiger partial charge in [0.05, 0.1) is 13.7 Å². The second-order valence-corrected chi connectivity index (χ2v) is 8.11. The van der Waals surface area contributed by atoms with Crippen LogP contribution in [0.2, 0.25) is 0 Å². The van der Waals surface area contributed by atoms with Gasteiger partial charge in [-0.3, -0.25) is 9.59 Å². The summed E-state index contributed by atoms with van der Waals surface area (Å²) in [7, 11) is 1.37. The largest absolute Gasteiger partial charge is 0.503 e. The minimum absolute atomic E-state index is 0.0310. The van der Waals surface area contributed by atoms with Crippen LogP contribution in [0, 0.1) is 18.7 Å². The van der Waals surface area contributed by atoms with Gasteiger partial charge in [-0.1, -0.05) is 38.5 Å². The number of pyridine rings is 1. The lowest BCUT2D eigenvalue weighted by molar-refractivity contribution is -0.148. The quantitative estimate of drug-likeness (QED) is 0.359. The summed E-state index contributed by atoms with van der Waals surface area (Å²) >= 11 is 0. The Kier molecular flexibility index (Phi) is 16.5. The zero-order chi connectivity index (χ0) is 26.8. The van der Waals surface area contributed by atoms with Gasteiger partial charge in [0.25, 0.3) is 5.91 Å². The van der Waals surface area contributed by atoms with Gasteiger partial charge in [-0.2, -0.15) is 0 Å². The maximum atomic E-state index is 12.1. The van der Waals surface area contributed by atoms with E-state index in [1.807, 2.05) is 13.8 Å². The molecule has 196 valence electrons. The molecule has 0 fully saturated rings. The molecule has 0 saturated heterocycles. The Labute approximate surface area is 207 Å². The molecule has 3 N–H and O–H groups in total. The molecule has 0 saturated carbocycles. The number of rotatable bonds is 10. The lowest BCUT2D eigenvalue weighted by Crippen LogP contribution is -2.16. The van der Waals surface area contributed by atoms with Crippen LogP contribution in [0.5, 0.6) is 11.5 Å². The Morgan fingerprint density at radius 2 is 1.69 bits per heavy atom. The van der Waals surface area contributed by atoms with Crippen molar-refractivity contribution in [3.8, 4) is 11.5 Å². The highest BCUT2D eigenvalue weighted by atomic mass is 19.1. The molecule has 0 aliphatic heterocycles. The summed E-state index contributed by atoms with van der Waals surface area (Å²) in [5.74, 6) is -0.557. The molecule has 1 aromatic carbocycles. The molecular weight excluding hydrogens is 455 g/mol. The van der Waals surface area contributed by atoms with Crippen molar-refractivity contribution in [2.24, 2.45) is 11.7 Å². The molecule has 0 spiro atoms. The molecule has 2 rings (SSSR count). The lowest BCUT2D eigenvalue weighted by Gasteiger charge is -2.13. The minimum atomic E-state index is -0.786. The van der Waals surface area contributed by atoms with Crippen molar-refractivity contribution in [3.05, 3.63) is 53.6 Å². The molecule has 1 aromatic heterocycles. The first-order valence-electron chi connectivity index (χ1n) is 11.5. The van der Waals surface area contributed by atoms with E-state index in [1.165, 1.54) is 31.5 Å². The van der Waals surface area contributed by atoms with Crippen molar-refractivity contribution < 1.29 is 33.3 Å². The van der Waals surface area contributed by atoms with Crippen LogP contribution in [0.15, 0.2) is 36.5 Å². The van der Waals surface area contributed by atoms with Gasteiger partial charge in [0.1, 0.15) is 11.9 Å². The van der Waals surface area contributed by atoms with Gasteiger partial charge >= 0.3 is 5.97 Å². The van der Waals surface area contributed by atoms with Gasteiger partial charge in [0, 0.05) is 31.7 Å². The van der Waals surface area contributed by atoms with Crippen molar-refractivity contribution in [3.63, 3.8) is 0 Å². The number of carbonyl (C=O) groups excluding carboxylic acids is 2. The van der Waals surface area contributed by atoms with E-state index in [2.05, 4.69) is 18.8 Å². The number of hydrogen-bond donors (Lipinski definition) is 2. The first kappa shape index (κ1) is 31.8. The smallest absolute Gasteiger partial charge is 0.305 e. The molecule has 9 heteroatoms. The number of halogens is 1. The SMILES string of the molecule is CCC(=O)OC(C)CCOCCC(C)C.COc1ccnc(C(N)=O)c1O.Cc1ccc(F)cc1. The maximum Gasteiger partial charge on any atom is 0.305 e. The van der Waals surface area contributed by atoms with Crippen LogP contribution in [-0.2, 0) is 14.3 Å². The Morgan fingerprint density at radius 1 is 1.09 bits per heavy atom. The van der Waals surface area contributed by atoms with E-state index in [1.54, 1.807) is 19.1 Å². The maximum absolute atomic E-state index is 12.1. The van der Waals surface area contributed by atoms with Crippen LogP contribution in [0.1, 0.15) is 63.0 Å². The zero-order valence-corrected chi connectivity index (χ0v) is 21.5. The topological polar surface area (TPSA) is 121 Å². The summed E-state index contributed by atoms with van der Waals surface area (Å²) in [5.41, 5.74) is 5.82. The number of nitrogens with zero attached hydrogens (tertiary/aromatic N) is 1. The van der Waals surface area contributed by atoms with Gasteiger partial charge in [-0.25, -0.2) is 9.37 Å². The van der Waals surface area contributed by atoms with Crippen LogP contribution in [0.4, 0.5) is 4.39 Å². The molecule has 0 bridgehead atoms. The Balaban J connectivity index is 0.000000516. The Hall–Kier alpha value is -3.20. The first-order chi connectivity index (χ1) is 16.5. The fraction of sp³-hybridized carbons (Fsp3) is 0.500. The van der Waals surface area contributed by atoms with Gasteiger partial charge in [0.15, 0.2) is 17.2 Å². The van der Waals surface area contributed by atoms with Gasteiger partial charge in [0.2, 0.25) is 0 Å². The average Bonchev–Trinajstić information content (AvgIpc) is 2.81. The van der Waals surface area contributed by atoms with Crippen LogP contribution < -0.4 is 10.5 Å². The van der Waals surface area contributed by atoms with Crippen LogP contribution >= 0.6 is 0 Å². The highest BCUT2D eigenvalue weighted by molar-refractivity contribution is 5.94. The van der Waals surface area contributed by atoms with E-state index in [0.717, 1.165) is 25.0 Å². The number of hydrogen-bond acceptors (Lipinski definition) is 7. The van der Waals surface area contributed by atoms with Crippen molar-refractivity contribution in [2.45, 2.75) is 60.0 Å². The summed E-state index contributed by atoms with van der Waals surface area (Å²) in [6.07, 6.45) is 3.61. The van der Waals surface area contributed by atoms with E-state index in [4.69, 9.17) is 19.9 Å². The number of aromatic nitrogens is 1. The number of aryl methyl sites for hydroxylation is 1. The normalized spacial score (nSPS) is 10.9.